The standard InChI is InChI=1S/C11H22F2N2O/c1-2-4-14-10-3-5-15(8-10)6-7-16-9-11(12)13/h10-11,14H,2-9H2,1H3. The van der Waals surface area contributed by atoms with Crippen LogP contribution in [-0.4, -0.2) is 56.8 Å². The van der Waals surface area contributed by atoms with Gasteiger partial charge in [-0.2, -0.15) is 0 Å². The van der Waals surface area contributed by atoms with Crippen molar-refractivity contribution in [3.05, 3.63) is 0 Å². The predicted octanol–water partition coefficient (Wildman–Crippen LogP) is 1.34. The molecule has 1 aliphatic heterocycles. The third-order valence-electron chi connectivity index (χ3n) is 2.75. The van der Waals surface area contributed by atoms with Crippen molar-refractivity contribution in [2.24, 2.45) is 0 Å². The van der Waals surface area contributed by atoms with Crippen molar-refractivity contribution in [3.8, 4) is 0 Å². The molecule has 1 heterocycles. The number of nitrogens with one attached hydrogen (secondary N) is 1. The van der Waals surface area contributed by atoms with Crippen molar-refractivity contribution >= 4 is 0 Å². The topological polar surface area (TPSA) is 24.5 Å². The molecular weight excluding hydrogens is 214 g/mol. The Balaban J connectivity index is 1.98. The lowest BCUT2D eigenvalue weighted by atomic mass is 10.2. The predicted molar refractivity (Wildman–Crippen MR) is 60.0 cm³/mol. The van der Waals surface area contributed by atoms with Gasteiger partial charge in [-0.05, 0) is 25.9 Å². The van der Waals surface area contributed by atoms with Crippen LogP contribution >= 0.6 is 0 Å². The van der Waals surface area contributed by atoms with Crippen molar-refractivity contribution in [2.45, 2.75) is 32.2 Å². The van der Waals surface area contributed by atoms with E-state index in [4.69, 9.17) is 4.74 Å². The molecule has 1 rings (SSSR count). The third-order valence-corrected chi connectivity index (χ3v) is 2.75. The molecule has 96 valence electrons. The van der Waals surface area contributed by atoms with Gasteiger partial charge in [-0.25, -0.2) is 8.78 Å². The largest absolute Gasteiger partial charge is 0.374 e. The number of rotatable bonds is 8. The highest BCUT2D eigenvalue weighted by Gasteiger charge is 2.21. The van der Waals surface area contributed by atoms with Gasteiger partial charge in [-0.3, -0.25) is 4.90 Å². The van der Waals surface area contributed by atoms with Gasteiger partial charge in [-0.15, -0.1) is 0 Å². The minimum Gasteiger partial charge on any atom is -0.374 e. The molecule has 0 aromatic heterocycles. The highest BCUT2D eigenvalue weighted by molar-refractivity contribution is 4.80. The summed E-state index contributed by atoms with van der Waals surface area (Å²) in [7, 11) is 0. The van der Waals surface area contributed by atoms with Crippen molar-refractivity contribution in [2.75, 3.05) is 39.4 Å². The van der Waals surface area contributed by atoms with Crippen LogP contribution in [0.1, 0.15) is 19.8 Å². The summed E-state index contributed by atoms with van der Waals surface area (Å²) >= 11 is 0. The first-order chi connectivity index (χ1) is 7.72. The van der Waals surface area contributed by atoms with Crippen molar-refractivity contribution in [1.29, 1.82) is 0 Å². The summed E-state index contributed by atoms with van der Waals surface area (Å²) in [6.45, 7) is 5.99. The number of hydrogen-bond acceptors (Lipinski definition) is 3. The fraction of sp³-hybridized carbons (Fsp3) is 1.00. The van der Waals surface area contributed by atoms with E-state index in [1.54, 1.807) is 0 Å². The highest BCUT2D eigenvalue weighted by atomic mass is 19.3. The maximum Gasteiger partial charge on any atom is 0.261 e. The van der Waals surface area contributed by atoms with Gasteiger partial charge >= 0.3 is 0 Å². The number of ether oxygens (including phenoxy) is 1. The van der Waals surface area contributed by atoms with E-state index >= 15 is 0 Å². The van der Waals surface area contributed by atoms with Crippen LogP contribution in [0.3, 0.4) is 0 Å². The second kappa shape index (κ2) is 7.92. The summed E-state index contributed by atoms with van der Waals surface area (Å²) in [4.78, 5) is 2.26. The molecule has 0 aromatic carbocycles. The minimum absolute atomic E-state index is 0.408. The van der Waals surface area contributed by atoms with E-state index in [9.17, 15) is 8.78 Å². The van der Waals surface area contributed by atoms with Crippen LogP contribution in [0.4, 0.5) is 8.78 Å². The molecule has 0 saturated carbocycles. The van der Waals surface area contributed by atoms with E-state index in [2.05, 4.69) is 17.1 Å². The van der Waals surface area contributed by atoms with Gasteiger partial charge in [0.2, 0.25) is 0 Å². The lowest BCUT2D eigenvalue weighted by Crippen LogP contribution is -2.34. The molecule has 0 aromatic rings. The Morgan fingerprint density at radius 3 is 3.00 bits per heavy atom. The Hall–Kier alpha value is -0.260. The number of hydrogen-bond donors (Lipinski definition) is 1. The normalized spacial score (nSPS) is 22.1. The first-order valence-corrected chi connectivity index (χ1v) is 6.04. The van der Waals surface area contributed by atoms with Crippen LogP contribution < -0.4 is 5.32 Å². The van der Waals surface area contributed by atoms with Gasteiger partial charge in [0.15, 0.2) is 0 Å². The first-order valence-electron chi connectivity index (χ1n) is 6.04. The zero-order chi connectivity index (χ0) is 11.8. The highest BCUT2D eigenvalue weighted by Crippen LogP contribution is 2.08. The SMILES string of the molecule is CCCNC1CCN(CCOCC(F)F)C1. The summed E-state index contributed by atoms with van der Waals surface area (Å²) in [6, 6.07) is 0.565. The molecular formula is C11H22F2N2O. The smallest absolute Gasteiger partial charge is 0.261 e. The van der Waals surface area contributed by atoms with Crippen molar-refractivity contribution in [3.63, 3.8) is 0 Å². The van der Waals surface area contributed by atoms with Gasteiger partial charge in [0.25, 0.3) is 6.43 Å². The Kier molecular flexibility index (Phi) is 6.84. The lowest BCUT2D eigenvalue weighted by molar-refractivity contribution is 0.0113. The third kappa shape index (κ3) is 5.72. The zero-order valence-electron chi connectivity index (χ0n) is 9.92. The second-order valence-corrected chi connectivity index (χ2v) is 4.21. The molecule has 0 aliphatic carbocycles. The molecule has 5 heteroatoms. The van der Waals surface area contributed by atoms with E-state index in [0.717, 1.165) is 39.0 Å². The van der Waals surface area contributed by atoms with E-state index < -0.39 is 13.0 Å². The van der Waals surface area contributed by atoms with Gasteiger partial charge < -0.3 is 10.1 Å². The summed E-state index contributed by atoms with van der Waals surface area (Å²) in [5.41, 5.74) is 0. The summed E-state index contributed by atoms with van der Waals surface area (Å²) < 4.78 is 28.4. The Bertz CT molecular complexity index is 181. The molecule has 0 radical (unpaired) electrons. The Morgan fingerprint density at radius 1 is 1.50 bits per heavy atom. The molecule has 1 saturated heterocycles. The summed E-state index contributed by atoms with van der Waals surface area (Å²) in [5, 5.41) is 3.47. The maximum absolute atomic E-state index is 11.8. The van der Waals surface area contributed by atoms with Gasteiger partial charge in [0.1, 0.15) is 6.61 Å². The van der Waals surface area contributed by atoms with Crippen LogP contribution in [0, 0.1) is 0 Å². The number of halogens is 2. The summed E-state index contributed by atoms with van der Waals surface area (Å²) in [6.07, 6.45) is -0.0550. The molecule has 1 aliphatic rings. The molecule has 1 N–H and O–H groups in total. The average Bonchev–Trinajstić information content (AvgIpc) is 2.69. The quantitative estimate of drug-likeness (QED) is 0.644. The van der Waals surface area contributed by atoms with Crippen molar-refractivity contribution < 1.29 is 13.5 Å². The molecule has 0 bridgehead atoms. The maximum atomic E-state index is 11.8. The Morgan fingerprint density at radius 2 is 2.31 bits per heavy atom. The number of alkyl halides is 2. The van der Waals surface area contributed by atoms with E-state index in [-0.39, 0.29) is 0 Å². The summed E-state index contributed by atoms with van der Waals surface area (Å²) in [5.74, 6) is 0. The molecule has 1 atom stereocenters. The zero-order valence-corrected chi connectivity index (χ0v) is 9.92. The monoisotopic (exact) mass is 236 g/mol. The van der Waals surface area contributed by atoms with Crippen LogP contribution in [0.15, 0.2) is 0 Å². The molecule has 1 fully saturated rings. The van der Waals surface area contributed by atoms with Gasteiger partial charge in [0.05, 0.1) is 6.61 Å². The van der Waals surface area contributed by atoms with Crippen LogP contribution in [-0.2, 0) is 4.74 Å². The lowest BCUT2D eigenvalue weighted by Gasteiger charge is -2.16. The van der Waals surface area contributed by atoms with E-state index in [1.165, 1.54) is 0 Å². The molecule has 0 spiro atoms. The fourth-order valence-electron chi connectivity index (χ4n) is 1.92. The number of nitrogens with zero attached hydrogens (tertiary/aromatic N) is 1. The average molecular weight is 236 g/mol. The van der Waals surface area contributed by atoms with Crippen LogP contribution in [0.5, 0.6) is 0 Å². The molecule has 16 heavy (non-hydrogen) atoms. The van der Waals surface area contributed by atoms with E-state index in [0.29, 0.717) is 12.6 Å². The van der Waals surface area contributed by atoms with Gasteiger partial charge in [0, 0.05) is 19.1 Å². The fourth-order valence-corrected chi connectivity index (χ4v) is 1.92. The minimum atomic E-state index is -2.35. The Labute approximate surface area is 96.1 Å². The second-order valence-electron chi connectivity index (χ2n) is 4.21. The van der Waals surface area contributed by atoms with Crippen LogP contribution in [0.25, 0.3) is 0 Å². The van der Waals surface area contributed by atoms with Crippen LogP contribution in [0.2, 0.25) is 0 Å². The van der Waals surface area contributed by atoms with E-state index in [1.807, 2.05) is 0 Å². The first kappa shape index (κ1) is 13.8. The van der Waals surface area contributed by atoms with Crippen molar-refractivity contribution in [1.82, 2.24) is 10.2 Å². The molecule has 3 nitrogen and oxygen atoms in total. The van der Waals surface area contributed by atoms with Gasteiger partial charge in [-0.1, -0.05) is 6.92 Å². The molecule has 1 unspecified atom stereocenters. The number of likely N-dealkylation sites (tertiary alicyclic amines) is 1. The molecule has 0 amide bonds.